The Balaban J connectivity index is 2.11. The van der Waals surface area contributed by atoms with E-state index in [0.29, 0.717) is 12.0 Å². The van der Waals surface area contributed by atoms with Gasteiger partial charge in [0.05, 0.1) is 10.6 Å². The highest BCUT2D eigenvalue weighted by Gasteiger charge is 2.45. The molecule has 164 valence electrons. The third-order valence-electron chi connectivity index (χ3n) is 5.85. The predicted octanol–water partition coefficient (Wildman–Crippen LogP) is 2.54. The van der Waals surface area contributed by atoms with Gasteiger partial charge in [0.2, 0.25) is 0 Å². The number of aryl methyl sites for hydroxylation is 1. The van der Waals surface area contributed by atoms with Gasteiger partial charge in [-0.05, 0) is 37.5 Å². The quantitative estimate of drug-likeness (QED) is 0.377. The summed E-state index contributed by atoms with van der Waals surface area (Å²) in [6.07, 6.45) is 1.76. The molecule has 2 aromatic rings. The van der Waals surface area contributed by atoms with Crippen LogP contribution in [0.15, 0.2) is 27.6 Å². The molecule has 0 saturated heterocycles. The number of ketones is 3. The van der Waals surface area contributed by atoms with Gasteiger partial charge in [0.25, 0.3) is 0 Å². The Kier molecular flexibility index (Phi) is 6.09. The van der Waals surface area contributed by atoms with Crippen LogP contribution in [0.1, 0.15) is 41.4 Å². The average Bonchev–Trinajstić information content (AvgIpc) is 3.10. The summed E-state index contributed by atoms with van der Waals surface area (Å²) >= 11 is 0. The Hall–Kier alpha value is -2.94. The lowest BCUT2D eigenvalue weighted by Gasteiger charge is -2.30. The number of Topliss-reactive ketones (excluding diaryl/α,β-unsaturated/α-hetero) is 3. The molecule has 0 radical (unpaired) electrons. The molecule has 3 atom stereocenters. The first-order valence-electron chi connectivity index (χ1n) is 9.79. The largest absolute Gasteiger partial charge is 0.356 e. The fourth-order valence-corrected chi connectivity index (χ4v) is 5.04. The van der Waals surface area contributed by atoms with Gasteiger partial charge in [-0.3, -0.25) is 14.4 Å². The van der Waals surface area contributed by atoms with Gasteiger partial charge in [-0.1, -0.05) is 12.1 Å². The zero-order valence-electron chi connectivity index (χ0n) is 17.7. The van der Waals surface area contributed by atoms with Crippen molar-refractivity contribution < 1.29 is 32.1 Å². The number of carbonyl (C=O) groups is 4. The van der Waals surface area contributed by atoms with Gasteiger partial charge in [0.15, 0.2) is 32.9 Å². The van der Waals surface area contributed by atoms with Gasteiger partial charge in [-0.25, -0.2) is 8.42 Å². The molecule has 1 aromatic heterocycles. The lowest BCUT2D eigenvalue weighted by atomic mass is 9.69. The topological polar surface area (TPSA) is 128 Å². The molecule has 1 aliphatic rings. The van der Waals surface area contributed by atoms with Crippen LogP contribution in [0.4, 0.5) is 0 Å². The monoisotopic (exact) mass is 445 g/mol. The van der Waals surface area contributed by atoms with E-state index < -0.39 is 44.9 Å². The standard InChI is InChI=1S/C22H23NO7S/c1-11-9-17(30-23-11)19-13(3)15(5-6-18(19)31(4,28)29)22(27)20-16(25)10-14(7-8-24)12(2)21(20)26/h5-6,8-9,12,14,20H,7,10H2,1-4H3. The van der Waals surface area contributed by atoms with E-state index in [9.17, 15) is 27.6 Å². The Morgan fingerprint density at radius 2 is 1.94 bits per heavy atom. The van der Waals surface area contributed by atoms with Crippen LogP contribution in [0.5, 0.6) is 0 Å². The predicted molar refractivity (Wildman–Crippen MR) is 110 cm³/mol. The van der Waals surface area contributed by atoms with Crippen LogP contribution >= 0.6 is 0 Å². The first-order valence-corrected chi connectivity index (χ1v) is 11.7. The second kappa shape index (κ2) is 8.30. The van der Waals surface area contributed by atoms with Crippen molar-refractivity contribution in [3.63, 3.8) is 0 Å². The lowest BCUT2D eigenvalue weighted by molar-refractivity contribution is -0.138. The molecule has 1 fully saturated rings. The molecule has 8 nitrogen and oxygen atoms in total. The van der Waals surface area contributed by atoms with Crippen LogP contribution in [-0.4, -0.2) is 43.5 Å². The molecule has 0 N–H and O–H groups in total. The zero-order valence-corrected chi connectivity index (χ0v) is 18.5. The Bertz CT molecular complexity index is 1190. The van der Waals surface area contributed by atoms with E-state index in [-0.39, 0.29) is 40.2 Å². The molecule has 3 unspecified atom stereocenters. The minimum Gasteiger partial charge on any atom is -0.356 e. The van der Waals surface area contributed by atoms with E-state index in [1.165, 1.54) is 12.1 Å². The van der Waals surface area contributed by atoms with Crippen molar-refractivity contribution in [3.8, 4) is 11.3 Å². The normalized spacial score (nSPS) is 21.9. The molecule has 0 amide bonds. The van der Waals surface area contributed by atoms with Crippen molar-refractivity contribution in [2.45, 2.75) is 38.5 Å². The number of carbonyl (C=O) groups excluding carboxylic acids is 4. The second-order valence-corrected chi connectivity index (χ2v) is 10.0. The van der Waals surface area contributed by atoms with Crippen molar-refractivity contribution in [2.75, 3.05) is 6.26 Å². The first-order chi connectivity index (χ1) is 14.5. The molecule has 1 saturated carbocycles. The summed E-state index contributed by atoms with van der Waals surface area (Å²) in [6, 6.07) is 4.15. The van der Waals surface area contributed by atoms with Crippen molar-refractivity contribution >= 4 is 33.5 Å². The summed E-state index contributed by atoms with van der Waals surface area (Å²) in [5, 5.41) is 3.79. The van der Waals surface area contributed by atoms with Crippen LogP contribution in [0, 0.1) is 31.6 Å². The fourth-order valence-electron chi connectivity index (χ4n) is 4.10. The molecular formula is C22H23NO7S. The maximum absolute atomic E-state index is 13.3. The average molecular weight is 445 g/mol. The van der Waals surface area contributed by atoms with Crippen molar-refractivity contribution in [2.24, 2.45) is 17.8 Å². The summed E-state index contributed by atoms with van der Waals surface area (Å²) in [7, 11) is -3.67. The van der Waals surface area contributed by atoms with Gasteiger partial charge >= 0.3 is 0 Å². The third kappa shape index (κ3) is 4.14. The summed E-state index contributed by atoms with van der Waals surface area (Å²) in [5.41, 5.74) is 1.06. The molecule has 1 aromatic carbocycles. The highest BCUT2D eigenvalue weighted by atomic mass is 32.2. The van der Waals surface area contributed by atoms with Gasteiger partial charge < -0.3 is 9.32 Å². The Morgan fingerprint density at radius 1 is 1.26 bits per heavy atom. The van der Waals surface area contributed by atoms with Crippen LogP contribution in [0.2, 0.25) is 0 Å². The lowest BCUT2D eigenvalue weighted by Crippen LogP contribution is -2.44. The highest BCUT2D eigenvalue weighted by molar-refractivity contribution is 7.90. The zero-order chi connectivity index (χ0) is 23.1. The van der Waals surface area contributed by atoms with Crippen molar-refractivity contribution in [3.05, 3.63) is 35.0 Å². The maximum Gasteiger partial charge on any atom is 0.181 e. The van der Waals surface area contributed by atoms with Crippen LogP contribution in [-0.2, 0) is 24.2 Å². The molecular weight excluding hydrogens is 422 g/mol. The Labute approximate surface area is 179 Å². The van der Waals surface area contributed by atoms with E-state index in [0.717, 1.165) is 6.26 Å². The number of benzene rings is 1. The smallest absolute Gasteiger partial charge is 0.181 e. The number of hydrogen-bond acceptors (Lipinski definition) is 8. The molecule has 1 heterocycles. The van der Waals surface area contributed by atoms with Crippen LogP contribution in [0.3, 0.4) is 0 Å². The molecule has 3 rings (SSSR count). The number of nitrogens with zero attached hydrogens (tertiary/aromatic N) is 1. The third-order valence-corrected chi connectivity index (χ3v) is 6.99. The first kappa shape index (κ1) is 22.7. The van der Waals surface area contributed by atoms with Crippen molar-refractivity contribution in [1.82, 2.24) is 5.16 Å². The molecule has 0 bridgehead atoms. The second-order valence-electron chi connectivity index (χ2n) is 8.04. The number of rotatable bonds is 6. The molecule has 31 heavy (non-hydrogen) atoms. The minimum atomic E-state index is -3.67. The highest BCUT2D eigenvalue weighted by Crippen LogP contribution is 2.37. The molecule has 0 aliphatic heterocycles. The summed E-state index contributed by atoms with van der Waals surface area (Å²) < 4.78 is 29.9. The number of hydrogen-bond donors (Lipinski definition) is 0. The van der Waals surface area contributed by atoms with E-state index >= 15 is 0 Å². The van der Waals surface area contributed by atoms with Gasteiger partial charge in [-0.2, -0.15) is 0 Å². The van der Waals surface area contributed by atoms with Gasteiger partial charge in [-0.15, -0.1) is 0 Å². The van der Waals surface area contributed by atoms with E-state index in [2.05, 4.69) is 5.16 Å². The molecule has 1 aliphatic carbocycles. The van der Waals surface area contributed by atoms with Gasteiger partial charge in [0.1, 0.15) is 12.2 Å². The SMILES string of the molecule is Cc1cc(-c2c(S(C)(=O)=O)ccc(C(=O)C3C(=O)CC(CC=O)C(C)C3=O)c2C)on1. The number of aldehydes is 1. The summed E-state index contributed by atoms with van der Waals surface area (Å²) in [6.45, 7) is 4.84. The molecule has 9 heteroatoms. The van der Waals surface area contributed by atoms with E-state index in [1.54, 1.807) is 26.8 Å². The minimum absolute atomic E-state index is 0.0311. The van der Waals surface area contributed by atoms with Gasteiger partial charge in [0, 0.05) is 42.2 Å². The van der Waals surface area contributed by atoms with Crippen molar-refractivity contribution in [1.29, 1.82) is 0 Å². The Morgan fingerprint density at radius 3 is 2.48 bits per heavy atom. The summed E-state index contributed by atoms with van der Waals surface area (Å²) in [5.74, 6) is -4.04. The number of sulfone groups is 1. The van der Waals surface area contributed by atoms with E-state index in [4.69, 9.17) is 4.52 Å². The number of aromatic nitrogens is 1. The fraction of sp³-hybridized carbons (Fsp3) is 0.409. The van der Waals surface area contributed by atoms with E-state index in [1.807, 2.05) is 0 Å². The van der Waals surface area contributed by atoms with Crippen LogP contribution in [0.25, 0.3) is 11.3 Å². The summed E-state index contributed by atoms with van der Waals surface area (Å²) in [4.78, 5) is 49.6. The maximum atomic E-state index is 13.3. The molecule has 0 spiro atoms. The van der Waals surface area contributed by atoms with Crippen LogP contribution < -0.4 is 0 Å².